The number of phenols is 2. The second kappa shape index (κ2) is 5.97. The van der Waals surface area contributed by atoms with Gasteiger partial charge in [0.05, 0.1) is 12.7 Å². The van der Waals surface area contributed by atoms with Crippen molar-refractivity contribution in [1.29, 1.82) is 0 Å². The average molecular weight is 273 g/mol. The third-order valence-corrected chi connectivity index (χ3v) is 2.86. The van der Waals surface area contributed by atoms with E-state index in [2.05, 4.69) is 5.32 Å². The fourth-order valence-corrected chi connectivity index (χ4v) is 1.80. The van der Waals surface area contributed by atoms with E-state index in [0.717, 1.165) is 5.56 Å². The highest BCUT2D eigenvalue weighted by atomic mass is 16.5. The summed E-state index contributed by atoms with van der Waals surface area (Å²) in [5.74, 6) is -0.754. The summed E-state index contributed by atoms with van der Waals surface area (Å²) < 4.78 is 4.71. The van der Waals surface area contributed by atoms with Gasteiger partial charge in [-0.05, 0) is 29.8 Å². The topological polar surface area (TPSA) is 78.8 Å². The molecule has 3 N–H and O–H groups in total. The Hall–Kier alpha value is -2.69. The van der Waals surface area contributed by atoms with Crippen LogP contribution < -0.4 is 5.32 Å². The minimum absolute atomic E-state index is 0.163. The van der Waals surface area contributed by atoms with Crippen LogP contribution in [0.3, 0.4) is 0 Å². The molecular weight excluding hydrogens is 258 g/mol. The predicted octanol–water partition coefficient (Wildman–Crippen LogP) is 2.50. The highest BCUT2D eigenvalue weighted by Gasteiger charge is 2.10. The molecule has 0 heterocycles. The number of para-hydroxylation sites is 1. The minimum Gasteiger partial charge on any atom is -0.504 e. The van der Waals surface area contributed by atoms with Crippen molar-refractivity contribution in [3.05, 3.63) is 53.6 Å². The molecule has 104 valence electrons. The summed E-state index contributed by atoms with van der Waals surface area (Å²) in [6, 6.07) is 11.6. The first kappa shape index (κ1) is 13.7. The number of carbonyl (C=O) groups excluding carboxylic acids is 1. The number of aromatic hydroxyl groups is 2. The molecule has 0 atom stereocenters. The summed E-state index contributed by atoms with van der Waals surface area (Å²) in [7, 11) is 1.33. The van der Waals surface area contributed by atoms with Crippen LogP contribution in [-0.2, 0) is 11.3 Å². The van der Waals surface area contributed by atoms with Crippen LogP contribution in [0.4, 0.5) is 5.69 Å². The molecule has 0 saturated carbocycles. The number of hydrogen-bond donors (Lipinski definition) is 3. The van der Waals surface area contributed by atoms with Gasteiger partial charge in [0, 0.05) is 12.2 Å². The number of ether oxygens (including phenoxy) is 1. The molecular formula is C15H15NO4. The lowest BCUT2D eigenvalue weighted by molar-refractivity contribution is 0.0602. The van der Waals surface area contributed by atoms with Crippen molar-refractivity contribution in [2.24, 2.45) is 0 Å². The summed E-state index contributed by atoms with van der Waals surface area (Å²) in [6.07, 6.45) is 0. The maximum Gasteiger partial charge on any atom is 0.339 e. The van der Waals surface area contributed by atoms with Gasteiger partial charge in [-0.25, -0.2) is 4.79 Å². The number of methoxy groups -OCH3 is 1. The van der Waals surface area contributed by atoms with E-state index in [4.69, 9.17) is 4.74 Å². The molecule has 0 aliphatic rings. The zero-order valence-corrected chi connectivity index (χ0v) is 11.0. The maximum atomic E-state index is 11.6. The monoisotopic (exact) mass is 273 g/mol. The Labute approximate surface area is 116 Å². The van der Waals surface area contributed by atoms with Gasteiger partial charge in [0.2, 0.25) is 0 Å². The van der Waals surface area contributed by atoms with Gasteiger partial charge in [0.15, 0.2) is 11.5 Å². The lowest BCUT2D eigenvalue weighted by Gasteiger charge is -2.11. The number of esters is 1. The second-order valence-electron chi connectivity index (χ2n) is 4.21. The van der Waals surface area contributed by atoms with Crippen LogP contribution in [0, 0.1) is 0 Å². The van der Waals surface area contributed by atoms with Crippen LogP contribution in [-0.4, -0.2) is 23.3 Å². The average Bonchev–Trinajstić information content (AvgIpc) is 2.48. The van der Waals surface area contributed by atoms with Crippen molar-refractivity contribution in [3.63, 3.8) is 0 Å². The summed E-state index contributed by atoms with van der Waals surface area (Å²) in [5.41, 5.74) is 1.87. The minimum atomic E-state index is -0.415. The van der Waals surface area contributed by atoms with Gasteiger partial charge in [-0.1, -0.05) is 18.2 Å². The highest BCUT2D eigenvalue weighted by molar-refractivity contribution is 5.95. The van der Waals surface area contributed by atoms with Gasteiger partial charge < -0.3 is 20.3 Å². The molecule has 2 aromatic rings. The fourth-order valence-electron chi connectivity index (χ4n) is 1.80. The first-order valence-electron chi connectivity index (χ1n) is 6.04. The molecule has 0 bridgehead atoms. The quantitative estimate of drug-likeness (QED) is 0.589. The number of anilines is 1. The first-order valence-corrected chi connectivity index (χ1v) is 6.04. The van der Waals surface area contributed by atoms with Gasteiger partial charge in [0.1, 0.15) is 0 Å². The fraction of sp³-hybridized carbons (Fsp3) is 0.133. The lowest BCUT2D eigenvalue weighted by atomic mass is 10.1. The molecule has 0 aliphatic carbocycles. The van der Waals surface area contributed by atoms with Crippen molar-refractivity contribution >= 4 is 11.7 Å². The first-order chi connectivity index (χ1) is 9.61. The van der Waals surface area contributed by atoms with E-state index in [1.807, 2.05) is 6.07 Å². The van der Waals surface area contributed by atoms with E-state index in [9.17, 15) is 15.0 Å². The standard InChI is InChI=1S/C15H15NO4/c1-20-15(19)11-4-2-3-5-12(11)16-9-10-6-7-13(17)14(18)8-10/h2-8,16-18H,9H2,1H3. The van der Waals surface area contributed by atoms with E-state index in [1.165, 1.54) is 19.2 Å². The molecule has 0 unspecified atom stereocenters. The number of phenolic OH excluding ortho intramolecular Hbond substituents is 2. The Kier molecular flexibility index (Phi) is 4.10. The van der Waals surface area contributed by atoms with Gasteiger partial charge in [-0.3, -0.25) is 0 Å². The zero-order valence-electron chi connectivity index (χ0n) is 11.0. The van der Waals surface area contributed by atoms with Crippen molar-refractivity contribution in [2.75, 3.05) is 12.4 Å². The Morgan fingerprint density at radius 3 is 2.60 bits per heavy atom. The second-order valence-corrected chi connectivity index (χ2v) is 4.21. The van der Waals surface area contributed by atoms with Crippen LogP contribution in [0.2, 0.25) is 0 Å². The third-order valence-electron chi connectivity index (χ3n) is 2.86. The van der Waals surface area contributed by atoms with Gasteiger partial charge in [-0.15, -0.1) is 0 Å². The van der Waals surface area contributed by atoms with E-state index in [0.29, 0.717) is 17.8 Å². The Bertz CT molecular complexity index is 625. The predicted molar refractivity (Wildman–Crippen MR) is 74.9 cm³/mol. The molecule has 0 amide bonds. The van der Waals surface area contributed by atoms with Crippen molar-refractivity contribution in [1.82, 2.24) is 0 Å². The van der Waals surface area contributed by atoms with E-state index >= 15 is 0 Å². The van der Waals surface area contributed by atoms with Gasteiger partial charge in [-0.2, -0.15) is 0 Å². The van der Waals surface area contributed by atoms with Crippen LogP contribution in [0.5, 0.6) is 11.5 Å². The van der Waals surface area contributed by atoms with E-state index in [-0.39, 0.29) is 11.5 Å². The molecule has 0 fully saturated rings. The Morgan fingerprint density at radius 2 is 1.90 bits per heavy atom. The number of benzene rings is 2. The van der Waals surface area contributed by atoms with Crippen molar-refractivity contribution < 1.29 is 19.7 Å². The summed E-state index contributed by atoms with van der Waals surface area (Å²) in [6.45, 7) is 0.405. The van der Waals surface area contributed by atoms with Crippen LogP contribution in [0.1, 0.15) is 15.9 Å². The molecule has 0 saturated heterocycles. The molecule has 0 aromatic heterocycles. The van der Waals surface area contributed by atoms with Crippen LogP contribution >= 0.6 is 0 Å². The number of hydrogen-bond acceptors (Lipinski definition) is 5. The third kappa shape index (κ3) is 3.00. The largest absolute Gasteiger partial charge is 0.504 e. The van der Waals surface area contributed by atoms with Crippen LogP contribution in [0.25, 0.3) is 0 Å². The molecule has 0 spiro atoms. The van der Waals surface area contributed by atoms with Gasteiger partial charge in [0.25, 0.3) is 0 Å². The zero-order chi connectivity index (χ0) is 14.5. The van der Waals surface area contributed by atoms with Gasteiger partial charge >= 0.3 is 5.97 Å². The number of carbonyl (C=O) groups is 1. The molecule has 2 aromatic carbocycles. The van der Waals surface area contributed by atoms with E-state index in [1.54, 1.807) is 24.3 Å². The molecule has 0 radical (unpaired) electrons. The number of nitrogens with one attached hydrogen (secondary N) is 1. The number of rotatable bonds is 4. The van der Waals surface area contributed by atoms with E-state index < -0.39 is 5.97 Å². The smallest absolute Gasteiger partial charge is 0.339 e. The molecule has 5 heteroatoms. The maximum absolute atomic E-state index is 11.6. The summed E-state index contributed by atoms with van der Waals surface area (Å²) in [4.78, 5) is 11.6. The summed E-state index contributed by atoms with van der Waals surface area (Å²) >= 11 is 0. The molecule has 20 heavy (non-hydrogen) atoms. The van der Waals surface area contributed by atoms with Crippen LogP contribution in [0.15, 0.2) is 42.5 Å². The Morgan fingerprint density at radius 1 is 1.15 bits per heavy atom. The SMILES string of the molecule is COC(=O)c1ccccc1NCc1ccc(O)c(O)c1. The Balaban J connectivity index is 2.14. The summed E-state index contributed by atoms with van der Waals surface area (Å²) in [5, 5.41) is 21.8. The lowest BCUT2D eigenvalue weighted by Crippen LogP contribution is -2.08. The molecule has 0 aliphatic heterocycles. The molecule has 5 nitrogen and oxygen atoms in total. The van der Waals surface area contributed by atoms with Crippen molar-refractivity contribution in [2.45, 2.75) is 6.54 Å². The molecule has 2 rings (SSSR count). The highest BCUT2D eigenvalue weighted by Crippen LogP contribution is 2.25. The van der Waals surface area contributed by atoms with Crippen molar-refractivity contribution in [3.8, 4) is 11.5 Å². The normalized spacial score (nSPS) is 10.1.